The van der Waals surface area contributed by atoms with E-state index in [1.54, 1.807) is 36.4 Å². The molecule has 0 saturated carbocycles. The van der Waals surface area contributed by atoms with Crippen molar-refractivity contribution < 1.29 is 22.7 Å². The Balaban J connectivity index is 1.68. The molecule has 5 nitrogen and oxygen atoms in total. The maximum Gasteiger partial charge on any atom is 0.261 e. The van der Waals surface area contributed by atoms with Crippen molar-refractivity contribution in [2.24, 2.45) is 0 Å². The van der Waals surface area contributed by atoms with Crippen LogP contribution in [0.2, 0.25) is 5.04 Å². The zero-order chi connectivity index (χ0) is 29.1. The molecule has 0 unspecified atom stereocenters. The number of sulfone groups is 1. The number of allylic oxidation sites excluding steroid dienone is 1. The van der Waals surface area contributed by atoms with Crippen LogP contribution in [0.5, 0.6) is 5.75 Å². The molecule has 0 saturated heterocycles. The zero-order valence-corrected chi connectivity index (χ0v) is 25.4. The maximum absolute atomic E-state index is 14.1. The Morgan fingerprint density at radius 2 is 1.29 bits per heavy atom. The molecule has 7 heteroatoms. The van der Waals surface area contributed by atoms with Crippen LogP contribution in [-0.4, -0.2) is 34.7 Å². The lowest BCUT2D eigenvalue weighted by atomic mass is 9.97. The third-order valence-corrected chi connectivity index (χ3v) is 14.8. The molecule has 0 amide bonds. The largest absolute Gasteiger partial charge is 0.467 e. The average molecular weight is 585 g/mol. The smallest absolute Gasteiger partial charge is 0.261 e. The van der Waals surface area contributed by atoms with Gasteiger partial charge in [-0.1, -0.05) is 118 Å². The highest BCUT2D eigenvalue weighted by atomic mass is 32.2. The SMILES string of the molecule is CC(C)(C)[Si](O[C@H]1C=C(S(=O)(=O)c2ccccc2)[C@H](c2ccccc2OCO)C1)(c1ccccc1)c1ccccc1. The van der Waals surface area contributed by atoms with E-state index in [0.29, 0.717) is 22.6 Å². The van der Waals surface area contributed by atoms with E-state index >= 15 is 0 Å². The van der Waals surface area contributed by atoms with E-state index in [-0.39, 0.29) is 9.93 Å². The number of hydrogen-bond acceptors (Lipinski definition) is 5. The molecule has 4 aromatic carbocycles. The molecule has 0 aliphatic heterocycles. The Labute approximate surface area is 244 Å². The Bertz CT molecular complexity index is 1560. The van der Waals surface area contributed by atoms with E-state index in [9.17, 15) is 13.5 Å². The molecule has 0 radical (unpaired) electrons. The first-order valence-electron chi connectivity index (χ1n) is 13.8. The molecule has 5 rings (SSSR count). The van der Waals surface area contributed by atoms with Gasteiger partial charge in [-0.3, -0.25) is 0 Å². The van der Waals surface area contributed by atoms with Crippen LogP contribution >= 0.6 is 0 Å². The first-order valence-corrected chi connectivity index (χ1v) is 17.2. The van der Waals surface area contributed by atoms with Crippen LogP contribution in [0.4, 0.5) is 0 Å². The highest BCUT2D eigenvalue weighted by molar-refractivity contribution is 7.95. The standard InChI is InChI=1S/C34H36O5SSi/c1-34(2,3)41(28-17-9-5-10-18-28,29-19-11-6-12-20-29)39-26-23-31(30-21-13-14-22-32(30)38-25-35)33(24-26)40(36,37)27-15-7-4-8-16-27/h4-22,24,26,31,35H,23,25H2,1-3H3/t26-,31+/m1/s1. The van der Waals surface area contributed by atoms with Gasteiger partial charge < -0.3 is 14.3 Å². The summed E-state index contributed by atoms with van der Waals surface area (Å²) in [6.45, 7) is 6.13. The normalized spacial score (nSPS) is 17.7. The number of para-hydroxylation sites is 1. The van der Waals surface area contributed by atoms with Gasteiger partial charge in [0, 0.05) is 11.5 Å². The molecular weight excluding hydrogens is 549 g/mol. The predicted octanol–water partition coefficient (Wildman–Crippen LogP) is 5.81. The highest BCUT2D eigenvalue weighted by Crippen LogP contribution is 2.47. The number of aliphatic hydroxyl groups excluding tert-OH is 1. The minimum Gasteiger partial charge on any atom is -0.467 e. The molecule has 0 aromatic heterocycles. The number of aliphatic hydroxyl groups is 1. The van der Waals surface area contributed by atoms with Crippen LogP contribution in [-0.2, 0) is 14.3 Å². The Morgan fingerprint density at radius 1 is 0.780 bits per heavy atom. The molecule has 1 aliphatic rings. The van der Waals surface area contributed by atoms with Crippen LogP contribution in [0.15, 0.2) is 131 Å². The van der Waals surface area contributed by atoms with Crippen LogP contribution in [0.25, 0.3) is 0 Å². The molecule has 1 aliphatic carbocycles. The number of rotatable bonds is 9. The summed E-state index contributed by atoms with van der Waals surface area (Å²) in [6, 6.07) is 36.5. The lowest BCUT2D eigenvalue weighted by Crippen LogP contribution is -2.67. The third-order valence-electron chi connectivity index (χ3n) is 7.78. The van der Waals surface area contributed by atoms with Crippen molar-refractivity contribution in [2.75, 3.05) is 6.79 Å². The molecule has 0 heterocycles. The van der Waals surface area contributed by atoms with Crippen molar-refractivity contribution in [3.63, 3.8) is 0 Å². The molecule has 0 spiro atoms. The minimum absolute atomic E-state index is 0.239. The monoisotopic (exact) mass is 584 g/mol. The molecule has 2 atom stereocenters. The predicted molar refractivity (Wildman–Crippen MR) is 166 cm³/mol. The van der Waals surface area contributed by atoms with E-state index in [2.05, 4.69) is 45.0 Å². The van der Waals surface area contributed by atoms with Crippen molar-refractivity contribution in [3.8, 4) is 5.75 Å². The first kappa shape index (κ1) is 29.0. The Hall–Kier alpha value is -3.49. The van der Waals surface area contributed by atoms with Crippen molar-refractivity contribution in [3.05, 3.63) is 132 Å². The fraction of sp³-hybridized carbons (Fsp3) is 0.235. The fourth-order valence-electron chi connectivity index (χ4n) is 5.98. The summed E-state index contributed by atoms with van der Waals surface area (Å²) in [5.74, 6) is -0.0496. The maximum atomic E-state index is 14.1. The molecule has 0 bridgehead atoms. The Kier molecular flexibility index (Phi) is 8.34. The molecular formula is C34H36O5SSi. The number of ether oxygens (including phenoxy) is 1. The van der Waals surface area contributed by atoms with Crippen molar-refractivity contribution >= 4 is 28.5 Å². The lowest BCUT2D eigenvalue weighted by molar-refractivity contribution is 0.0972. The van der Waals surface area contributed by atoms with Crippen LogP contribution in [0.3, 0.4) is 0 Å². The molecule has 0 fully saturated rings. The van der Waals surface area contributed by atoms with E-state index < -0.39 is 37.0 Å². The van der Waals surface area contributed by atoms with Crippen LogP contribution < -0.4 is 15.1 Å². The van der Waals surface area contributed by atoms with Gasteiger partial charge in [-0.15, -0.1) is 0 Å². The second-order valence-corrected chi connectivity index (χ2v) is 17.5. The van der Waals surface area contributed by atoms with Gasteiger partial charge >= 0.3 is 0 Å². The van der Waals surface area contributed by atoms with Gasteiger partial charge in [-0.2, -0.15) is 0 Å². The van der Waals surface area contributed by atoms with E-state index in [1.807, 2.05) is 60.7 Å². The van der Waals surface area contributed by atoms with E-state index in [0.717, 1.165) is 10.4 Å². The summed E-state index contributed by atoms with van der Waals surface area (Å²) in [6.07, 6.45) is 1.77. The third kappa shape index (κ3) is 5.55. The summed E-state index contributed by atoms with van der Waals surface area (Å²) in [7, 11) is -6.79. The molecule has 4 aromatic rings. The molecule has 1 N–H and O–H groups in total. The quantitative estimate of drug-likeness (QED) is 0.199. The lowest BCUT2D eigenvalue weighted by Gasteiger charge is -2.44. The molecule has 41 heavy (non-hydrogen) atoms. The van der Waals surface area contributed by atoms with Gasteiger partial charge in [0.1, 0.15) is 5.75 Å². The fourth-order valence-corrected chi connectivity index (χ4v) is 12.3. The average Bonchev–Trinajstić information content (AvgIpc) is 3.42. The highest BCUT2D eigenvalue weighted by Gasteiger charge is 2.52. The second kappa shape index (κ2) is 11.8. The van der Waals surface area contributed by atoms with Gasteiger partial charge in [0.15, 0.2) is 6.79 Å². The number of benzene rings is 4. The summed E-state index contributed by atoms with van der Waals surface area (Å²) in [5, 5.41) is 11.6. The summed E-state index contributed by atoms with van der Waals surface area (Å²) in [4.78, 5) is 0.531. The van der Waals surface area contributed by atoms with Crippen molar-refractivity contribution in [1.29, 1.82) is 0 Å². The first-order chi connectivity index (χ1) is 19.7. The van der Waals surface area contributed by atoms with Gasteiger partial charge in [0.2, 0.25) is 9.84 Å². The van der Waals surface area contributed by atoms with Gasteiger partial charge in [-0.05, 0) is 46.1 Å². The van der Waals surface area contributed by atoms with Crippen LogP contribution in [0.1, 0.15) is 38.7 Å². The topological polar surface area (TPSA) is 72.8 Å². The second-order valence-electron chi connectivity index (χ2n) is 11.3. The summed E-state index contributed by atoms with van der Waals surface area (Å²) in [5.41, 5.74) is 0.709. The van der Waals surface area contributed by atoms with E-state index in [1.165, 1.54) is 0 Å². The minimum atomic E-state index is -3.84. The van der Waals surface area contributed by atoms with Crippen molar-refractivity contribution in [1.82, 2.24) is 0 Å². The summed E-state index contributed by atoms with van der Waals surface area (Å²) < 4.78 is 41.2. The zero-order valence-electron chi connectivity index (χ0n) is 23.6. The Morgan fingerprint density at radius 3 is 1.83 bits per heavy atom. The van der Waals surface area contributed by atoms with Gasteiger partial charge in [-0.25, -0.2) is 8.42 Å². The summed E-state index contributed by atoms with van der Waals surface area (Å²) >= 11 is 0. The molecule has 212 valence electrons. The van der Waals surface area contributed by atoms with Gasteiger partial charge in [0.25, 0.3) is 8.32 Å². The van der Waals surface area contributed by atoms with E-state index in [4.69, 9.17) is 9.16 Å². The van der Waals surface area contributed by atoms with Crippen LogP contribution in [0, 0.1) is 0 Å². The number of hydrogen-bond donors (Lipinski definition) is 1. The van der Waals surface area contributed by atoms with Gasteiger partial charge in [0.05, 0.1) is 15.9 Å². The van der Waals surface area contributed by atoms with Crippen molar-refractivity contribution in [2.45, 2.75) is 49.1 Å².